The third-order valence-electron chi connectivity index (χ3n) is 10.0. The van der Waals surface area contributed by atoms with Gasteiger partial charge in [0.1, 0.15) is 5.78 Å². The fraction of sp³-hybridized carbons (Fsp3) is 0.605. The van der Waals surface area contributed by atoms with E-state index in [1.807, 2.05) is 114 Å². The van der Waals surface area contributed by atoms with Crippen molar-refractivity contribution in [1.82, 2.24) is 15.5 Å². The fourth-order valence-corrected chi connectivity index (χ4v) is 6.70. The Morgan fingerprint density at radius 1 is 0.725 bits per heavy atom. The molecule has 0 spiro atoms. The van der Waals surface area contributed by atoms with Crippen molar-refractivity contribution in [2.45, 2.75) is 117 Å². The molecule has 4 atom stereocenters. The van der Waals surface area contributed by atoms with Gasteiger partial charge in [0.2, 0.25) is 11.8 Å². The van der Waals surface area contributed by atoms with Gasteiger partial charge in [-0.3, -0.25) is 24.0 Å². The average molecular weight is 702 g/mol. The lowest BCUT2D eigenvalue weighted by Gasteiger charge is -2.27. The number of hydrogen-bond acceptors (Lipinski definition) is 6. The van der Waals surface area contributed by atoms with Crippen LogP contribution in [0.2, 0.25) is 0 Å². The van der Waals surface area contributed by atoms with Gasteiger partial charge in [0.05, 0.1) is 12.1 Å². The Morgan fingerprint density at radius 3 is 1.80 bits per heavy atom. The number of carbonyl (C=O) groups is 5. The molecule has 0 heterocycles. The minimum absolute atomic E-state index is 0.0435. The van der Waals surface area contributed by atoms with Crippen LogP contribution in [0.5, 0.6) is 0 Å². The molecule has 2 amide bonds. The van der Waals surface area contributed by atoms with Gasteiger partial charge < -0.3 is 15.5 Å². The summed E-state index contributed by atoms with van der Waals surface area (Å²) in [5.74, 6) is -1.70. The van der Waals surface area contributed by atoms with Crippen molar-refractivity contribution in [1.29, 1.82) is 0 Å². The molecule has 0 aromatic heterocycles. The summed E-state index contributed by atoms with van der Waals surface area (Å²) in [6.45, 7) is 10.8. The summed E-state index contributed by atoms with van der Waals surface area (Å²) in [6, 6.07) is 18.1. The number of nitrogens with one attached hydrogen (secondary N) is 2. The molecule has 1 saturated carbocycles. The molecule has 1 fully saturated rings. The van der Waals surface area contributed by atoms with Crippen molar-refractivity contribution >= 4 is 29.2 Å². The highest BCUT2D eigenvalue weighted by Gasteiger charge is 2.48. The smallest absolute Gasteiger partial charge is 0.224 e. The fourth-order valence-electron chi connectivity index (χ4n) is 6.70. The molecular weight excluding hydrogens is 638 g/mol. The summed E-state index contributed by atoms with van der Waals surface area (Å²) < 4.78 is 0. The predicted molar refractivity (Wildman–Crippen MR) is 204 cm³/mol. The van der Waals surface area contributed by atoms with E-state index in [9.17, 15) is 24.0 Å². The Kier molecular flexibility index (Phi) is 16.7. The van der Waals surface area contributed by atoms with Crippen LogP contribution in [0.15, 0.2) is 60.7 Å². The number of hydrogen-bond donors (Lipinski definition) is 2. The third-order valence-corrected chi connectivity index (χ3v) is 10.0. The second-order valence-corrected chi connectivity index (χ2v) is 16.2. The standard InChI is InChI=1S/C43H63N3O5/c1-30(2)25-37(44-41(50)34(21-20-32-15-10-8-11-16-32)28-36(47)19-14-24-46(6)7)39(48)29-35(27-33-17-12-9-13-18-33)42(51)45-38(26-31(3)4)40(49)43(5)22-23-43/h8-13,15-18,30-31,34-35,37-38H,14,19-29H2,1-7H3,(H,44,50)(H,45,51)/t34-,35-,37+,38+/m1/s1. The third kappa shape index (κ3) is 14.9. The first-order valence-electron chi connectivity index (χ1n) is 19.1. The van der Waals surface area contributed by atoms with Crippen LogP contribution < -0.4 is 10.6 Å². The van der Waals surface area contributed by atoms with E-state index in [0.717, 1.165) is 36.9 Å². The van der Waals surface area contributed by atoms with E-state index in [4.69, 9.17) is 0 Å². The van der Waals surface area contributed by atoms with Gasteiger partial charge in [0.15, 0.2) is 11.6 Å². The van der Waals surface area contributed by atoms with Gasteiger partial charge in [-0.1, -0.05) is 95.3 Å². The van der Waals surface area contributed by atoms with Crippen molar-refractivity contribution in [3.8, 4) is 0 Å². The van der Waals surface area contributed by atoms with Crippen LogP contribution in [-0.4, -0.2) is 66.8 Å². The van der Waals surface area contributed by atoms with Crippen molar-refractivity contribution in [3.05, 3.63) is 71.8 Å². The maximum atomic E-state index is 14.2. The molecule has 1 aliphatic rings. The summed E-state index contributed by atoms with van der Waals surface area (Å²) in [5.41, 5.74) is 1.61. The number of aryl methyl sites for hydroxylation is 1. The molecule has 2 aromatic carbocycles. The number of nitrogens with zero attached hydrogens (tertiary/aromatic N) is 1. The zero-order valence-corrected chi connectivity index (χ0v) is 32.2. The SMILES string of the molecule is CC(C)C[C@H](NC(=O)[C@H](CCc1ccccc1)CC(=O)CCCN(C)C)C(=O)C[C@@H](Cc1ccccc1)C(=O)N[C@@H](CC(C)C)C(=O)C1(C)CC1. The van der Waals surface area contributed by atoms with Gasteiger partial charge in [-0.2, -0.15) is 0 Å². The number of Topliss-reactive ketones (excluding diaryl/α,β-unsaturated/α-hetero) is 3. The lowest BCUT2D eigenvalue weighted by atomic mass is 9.87. The number of amides is 2. The Morgan fingerprint density at radius 2 is 1.25 bits per heavy atom. The molecule has 3 rings (SSSR count). The lowest BCUT2D eigenvalue weighted by molar-refractivity contribution is -0.135. The normalized spacial score (nSPS) is 16.0. The molecule has 0 saturated heterocycles. The van der Waals surface area contributed by atoms with Crippen molar-refractivity contribution < 1.29 is 24.0 Å². The van der Waals surface area contributed by atoms with Gasteiger partial charge in [-0.05, 0) is 95.0 Å². The first-order valence-corrected chi connectivity index (χ1v) is 19.1. The highest BCUT2D eigenvalue weighted by Crippen LogP contribution is 2.47. The first kappa shape index (κ1) is 41.8. The molecule has 51 heavy (non-hydrogen) atoms. The van der Waals surface area contributed by atoms with Crippen LogP contribution >= 0.6 is 0 Å². The van der Waals surface area contributed by atoms with Crippen LogP contribution in [0.25, 0.3) is 0 Å². The maximum Gasteiger partial charge on any atom is 0.224 e. The summed E-state index contributed by atoms with van der Waals surface area (Å²) in [4.78, 5) is 70.8. The van der Waals surface area contributed by atoms with Gasteiger partial charge in [-0.25, -0.2) is 0 Å². The summed E-state index contributed by atoms with van der Waals surface area (Å²) in [5, 5.41) is 6.12. The Balaban J connectivity index is 1.81. The van der Waals surface area contributed by atoms with Gasteiger partial charge in [0.25, 0.3) is 0 Å². The van der Waals surface area contributed by atoms with Gasteiger partial charge >= 0.3 is 0 Å². The molecule has 280 valence electrons. The molecule has 0 radical (unpaired) electrons. The van der Waals surface area contributed by atoms with Crippen LogP contribution in [0.3, 0.4) is 0 Å². The molecule has 8 heteroatoms. The highest BCUT2D eigenvalue weighted by molar-refractivity contribution is 5.97. The quantitative estimate of drug-likeness (QED) is 0.125. The zero-order chi connectivity index (χ0) is 37.6. The van der Waals surface area contributed by atoms with Gasteiger partial charge in [0, 0.05) is 36.5 Å². The van der Waals surface area contributed by atoms with E-state index >= 15 is 0 Å². The van der Waals surface area contributed by atoms with Crippen LogP contribution in [0, 0.1) is 29.1 Å². The Hall–Kier alpha value is -3.65. The van der Waals surface area contributed by atoms with Crippen molar-refractivity contribution in [2.75, 3.05) is 20.6 Å². The molecular formula is C43H63N3O5. The van der Waals surface area contributed by atoms with E-state index in [-0.39, 0.29) is 53.8 Å². The number of ketones is 3. The molecule has 2 N–H and O–H groups in total. The summed E-state index contributed by atoms with van der Waals surface area (Å²) >= 11 is 0. The second-order valence-electron chi connectivity index (χ2n) is 16.2. The van der Waals surface area contributed by atoms with E-state index in [1.165, 1.54) is 0 Å². The largest absolute Gasteiger partial charge is 0.346 e. The van der Waals surface area contributed by atoms with Crippen molar-refractivity contribution in [3.63, 3.8) is 0 Å². The van der Waals surface area contributed by atoms with E-state index in [1.54, 1.807) is 0 Å². The van der Waals surface area contributed by atoms with E-state index in [2.05, 4.69) is 10.6 Å². The summed E-state index contributed by atoms with van der Waals surface area (Å²) in [6.07, 6.45) is 5.24. The molecule has 8 nitrogen and oxygen atoms in total. The minimum Gasteiger partial charge on any atom is -0.346 e. The highest BCUT2D eigenvalue weighted by atomic mass is 16.2. The molecule has 0 bridgehead atoms. The monoisotopic (exact) mass is 701 g/mol. The topological polar surface area (TPSA) is 113 Å². The number of rotatable bonds is 24. The van der Waals surface area contributed by atoms with E-state index < -0.39 is 29.3 Å². The Bertz CT molecular complexity index is 1420. The predicted octanol–water partition coefficient (Wildman–Crippen LogP) is 6.79. The van der Waals surface area contributed by atoms with E-state index in [0.29, 0.717) is 38.5 Å². The summed E-state index contributed by atoms with van der Waals surface area (Å²) in [7, 11) is 3.94. The molecule has 2 aromatic rings. The number of carbonyl (C=O) groups excluding carboxylic acids is 5. The maximum absolute atomic E-state index is 14.2. The van der Waals surface area contributed by atoms with Crippen LogP contribution in [0.1, 0.15) is 104 Å². The average Bonchev–Trinajstić information content (AvgIpc) is 3.83. The number of benzene rings is 2. The van der Waals surface area contributed by atoms with Crippen LogP contribution in [0.4, 0.5) is 0 Å². The first-order chi connectivity index (χ1) is 24.2. The lowest BCUT2D eigenvalue weighted by Crippen LogP contribution is -2.49. The zero-order valence-electron chi connectivity index (χ0n) is 32.2. The van der Waals surface area contributed by atoms with Gasteiger partial charge in [-0.15, -0.1) is 0 Å². The Labute approximate surface area is 306 Å². The minimum atomic E-state index is -0.801. The second kappa shape index (κ2) is 20.4. The molecule has 0 unspecified atom stereocenters. The van der Waals surface area contributed by atoms with Crippen molar-refractivity contribution in [2.24, 2.45) is 29.1 Å². The molecule has 0 aliphatic heterocycles. The van der Waals surface area contributed by atoms with Crippen LogP contribution in [-0.2, 0) is 36.8 Å². The molecule has 1 aliphatic carbocycles.